The summed E-state index contributed by atoms with van der Waals surface area (Å²) >= 11 is 3.64. The topological polar surface area (TPSA) is 108 Å². The quantitative estimate of drug-likeness (QED) is 0.128. The minimum absolute atomic E-state index is 0.0310. The highest BCUT2D eigenvalue weighted by atomic mass is 127. The van der Waals surface area contributed by atoms with Gasteiger partial charge in [-0.3, -0.25) is 9.88 Å². The van der Waals surface area contributed by atoms with E-state index in [1.54, 1.807) is 19.3 Å². The molecule has 46 heavy (non-hydrogen) atoms. The van der Waals surface area contributed by atoms with E-state index in [4.69, 9.17) is 29.2 Å². The van der Waals surface area contributed by atoms with Gasteiger partial charge in [-0.25, -0.2) is 9.25 Å². The van der Waals surface area contributed by atoms with Crippen LogP contribution in [0.15, 0.2) is 24.5 Å². The third-order valence-corrected chi connectivity index (χ3v) is 11.3. The average Bonchev–Trinajstić information content (AvgIpc) is 3.66. The lowest BCUT2D eigenvalue weighted by Crippen LogP contribution is -2.57. The van der Waals surface area contributed by atoms with Gasteiger partial charge in [-0.2, -0.15) is 23.8 Å². The number of pyridine rings is 1. The molecule has 3 unspecified atom stereocenters. The summed E-state index contributed by atoms with van der Waals surface area (Å²) in [6, 6.07) is 3.88. The highest BCUT2D eigenvalue weighted by Gasteiger charge is 2.45. The van der Waals surface area contributed by atoms with Crippen LogP contribution in [0.2, 0.25) is 0 Å². The number of carbonyl (C=O) groups excluding carboxylic acids is 1. The lowest BCUT2D eigenvalue weighted by molar-refractivity contribution is -0.0498. The van der Waals surface area contributed by atoms with Crippen molar-refractivity contribution in [1.82, 2.24) is 29.4 Å². The van der Waals surface area contributed by atoms with Crippen molar-refractivity contribution in [1.29, 1.82) is 0 Å². The van der Waals surface area contributed by atoms with Crippen LogP contribution >= 0.6 is 39.8 Å². The number of alkyl halides is 2. The number of benzene rings is 1. The van der Waals surface area contributed by atoms with Crippen molar-refractivity contribution in [2.75, 3.05) is 25.1 Å². The highest BCUT2D eigenvalue weighted by Crippen LogP contribution is 2.48. The second kappa shape index (κ2) is 11.8. The van der Waals surface area contributed by atoms with E-state index < -0.39 is 12.2 Å². The number of carbonyl (C=O) groups is 1. The number of rotatable bonds is 6. The minimum atomic E-state index is -3.02. The van der Waals surface area contributed by atoms with Crippen LogP contribution in [0.5, 0.6) is 11.8 Å². The molecule has 0 saturated carbocycles. The predicted molar refractivity (Wildman–Crippen MR) is 184 cm³/mol. The number of hydrogen-bond donors (Lipinski definition) is 0. The summed E-state index contributed by atoms with van der Waals surface area (Å²) in [4.78, 5) is 32.2. The first-order valence-corrected chi connectivity index (χ1v) is 19.6. The molecule has 2 saturated heterocycles. The predicted octanol–water partition coefficient (Wildman–Crippen LogP) is 7.55. The van der Waals surface area contributed by atoms with E-state index in [1.165, 1.54) is 18.4 Å². The van der Waals surface area contributed by atoms with Gasteiger partial charge in [-0.05, 0) is 80.3 Å². The highest BCUT2D eigenvalue weighted by molar-refractivity contribution is 14.2. The van der Waals surface area contributed by atoms with Gasteiger partial charge >= 0.3 is 18.7 Å². The van der Waals surface area contributed by atoms with Crippen LogP contribution < -0.4 is 14.4 Å². The van der Waals surface area contributed by atoms with Gasteiger partial charge in [-0.1, -0.05) is 0 Å². The summed E-state index contributed by atoms with van der Waals surface area (Å²) in [5, 5.41) is 6.84. The summed E-state index contributed by atoms with van der Waals surface area (Å²) in [7, 11) is 1.53. The number of methoxy groups -OCH3 is 1. The van der Waals surface area contributed by atoms with Gasteiger partial charge in [0.05, 0.1) is 58.6 Å². The molecule has 4 aromatic heterocycles. The Morgan fingerprint density at radius 2 is 1.91 bits per heavy atom. The zero-order valence-electron chi connectivity index (χ0n) is 25.7. The molecule has 2 aliphatic heterocycles. The molecule has 16 heteroatoms. The Kier molecular flexibility index (Phi) is 8.07. The molecule has 11 nitrogen and oxygen atoms in total. The minimum Gasteiger partial charge on any atom is -0.467 e. The second-order valence-corrected chi connectivity index (χ2v) is 15.4. The van der Waals surface area contributed by atoms with E-state index in [1.807, 2.05) is 42.3 Å². The summed E-state index contributed by atoms with van der Waals surface area (Å²) in [6.45, 7) is 5.49. The van der Waals surface area contributed by atoms with Crippen molar-refractivity contribution in [3.8, 4) is 23.0 Å². The smallest absolute Gasteiger partial charge is 0.410 e. The molecule has 2 bridgehead atoms. The molecule has 0 radical (unpaired) electrons. The van der Waals surface area contributed by atoms with Crippen LogP contribution in [0, 0.1) is 6.92 Å². The third kappa shape index (κ3) is 5.37. The summed E-state index contributed by atoms with van der Waals surface area (Å²) < 4.78 is 46.6. The number of fused-ring (bicyclic) bond motifs is 6. The molecule has 3 atom stereocenters. The van der Waals surface area contributed by atoms with Crippen molar-refractivity contribution in [2.45, 2.75) is 64.8 Å². The first-order chi connectivity index (χ1) is 22.0. The Hall–Kier alpha value is -3.17. The largest absolute Gasteiger partial charge is 0.467 e. The molecule has 6 heterocycles. The number of piperazine rings is 1. The molecular formula is C30H31F2IN7O4PS. The van der Waals surface area contributed by atoms with Crippen LogP contribution in [0.25, 0.3) is 42.5 Å². The fourth-order valence-corrected chi connectivity index (χ4v) is 9.26. The SMILES string of the molecule is COc1nc(N2CC3CCC(C2)N3C(=O)OC(C)(C)C)c2c(n1)sc1c(-c3c(OC(F)F)c(C)cc4c3cnn4PI)nccc12. The van der Waals surface area contributed by atoms with E-state index in [9.17, 15) is 13.6 Å². The first kappa shape index (κ1) is 31.4. The van der Waals surface area contributed by atoms with Crippen LogP contribution in [-0.4, -0.2) is 80.0 Å². The van der Waals surface area contributed by atoms with Gasteiger partial charge in [0.15, 0.2) is 0 Å². The fourth-order valence-electron chi connectivity index (χ4n) is 6.57. The lowest BCUT2D eigenvalue weighted by Gasteiger charge is -2.42. The van der Waals surface area contributed by atoms with E-state index in [-0.39, 0.29) is 29.9 Å². The Morgan fingerprint density at radius 1 is 1.17 bits per heavy atom. The van der Waals surface area contributed by atoms with Crippen molar-refractivity contribution in [2.24, 2.45) is 0 Å². The van der Waals surface area contributed by atoms with Gasteiger partial charge in [-0.15, -0.1) is 11.3 Å². The summed E-state index contributed by atoms with van der Waals surface area (Å²) in [5.74, 6) is 0.762. The molecule has 2 fully saturated rings. The number of amides is 1. The maximum atomic E-state index is 13.8. The number of aromatic nitrogens is 5. The molecule has 0 N–H and O–H groups in total. The van der Waals surface area contributed by atoms with Crippen molar-refractivity contribution < 1.29 is 27.8 Å². The number of aryl methyl sites for hydroxylation is 1. The Bertz CT molecular complexity index is 1990. The molecular weight excluding hydrogens is 750 g/mol. The Morgan fingerprint density at radius 3 is 2.57 bits per heavy atom. The van der Waals surface area contributed by atoms with Crippen LogP contribution in [0.3, 0.4) is 0 Å². The van der Waals surface area contributed by atoms with Crippen molar-refractivity contribution in [3.05, 3.63) is 30.1 Å². The van der Waals surface area contributed by atoms with E-state index in [0.717, 1.165) is 33.8 Å². The van der Waals surface area contributed by atoms with Gasteiger partial charge in [0.2, 0.25) is 0 Å². The maximum absolute atomic E-state index is 13.8. The number of thiophene rings is 1. The molecule has 1 aromatic carbocycles. The van der Waals surface area contributed by atoms with Gasteiger partial charge in [0.1, 0.15) is 22.0 Å². The summed E-state index contributed by atoms with van der Waals surface area (Å²) in [6.07, 6.45) is 5.11. The van der Waals surface area contributed by atoms with Crippen LogP contribution in [0.4, 0.5) is 19.4 Å². The first-order valence-electron chi connectivity index (χ1n) is 14.7. The van der Waals surface area contributed by atoms with Crippen LogP contribution in [-0.2, 0) is 4.74 Å². The zero-order chi connectivity index (χ0) is 32.5. The average molecular weight is 782 g/mol. The number of ether oxygens (including phenoxy) is 3. The third-order valence-electron chi connectivity index (χ3n) is 8.32. The van der Waals surface area contributed by atoms with Gasteiger partial charge in [0.25, 0.3) is 0 Å². The lowest BCUT2D eigenvalue weighted by atomic mass is 10.0. The van der Waals surface area contributed by atoms with Gasteiger partial charge < -0.3 is 19.1 Å². The Balaban J connectivity index is 1.39. The molecule has 0 spiro atoms. The van der Waals surface area contributed by atoms with Crippen molar-refractivity contribution in [3.63, 3.8) is 0 Å². The number of anilines is 1. The molecule has 5 aromatic rings. The van der Waals surface area contributed by atoms with E-state index in [0.29, 0.717) is 52.3 Å². The zero-order valence-corrected chi connectivity index (χ0v) is 29.6. The standard InChI is InChI=1S/C30H31F2IN7O4PS/c1-14-10-19-18(11-35-40(19)45-33)20(23(14)43-27(31)32)22-24-17(8-9-34-22)21-25(36-28(42-5)37-26(21)46-24)38-12-15-6-7-16(13-38)39(15)29(41)44-30(2,3)4/h8-11,15-16,27,45H,6-7,12-13H2,1-5H3. The second-order valence-electron chi connectivity index (χ2n) is 12.4. The number of halogens is 3. The molecule has 0 aliphatic carbocycles. The Labute approximate surface area is 281 Å². The number of nitrogens with zero attached hydrogens (tertiary/aromatic N) is 7. The maximum Gasteiger partial charge on any atom is 0.410 e. The molecule has 7 rings (SSSR count). The summed E-state index contributed by atoms with van der Waals surface area (Å²) in [5.41, 5.74) is 1.74. The molecule has 242 valence electrons. The number of hydrogen-bond acceptors (Lipinski definition) is 10. The normalized spacial score (nSPS) is 18.6. The van der Waals surface area contributed by atoms with E-state index >= 15 is 0 Å². The molecule has 1 amide bonds. The van der Waals surface area contributed by atoms with Crippen LogP contribution in [0.1, 0.15) is 39.2 Å². The monoisotopic (exact) mass is 781 g/mol. The van der Waals surface area contributed by atoms with Gasteiger partial charge in [0, 0.05) is 30.1 Å². The fraction of sp³-hybridized carbons (Fsp3) is 0.433. The van der Waals surface area contributed by atoms with Crippen molar-refractivity contribution >= 4 is 82.9 Å². The van der Waals surface area contributed by atoms with E-state index in [2.05, 4.69) is 32.0 Å². The molecule has 2 aliphatic rings.